The Hall–Kier alpha value is -0.160. The van der Waals surface area contributed by atoms with Crippen LogP contribution in [0.5, 0.6) is 0 Å². The predicted octanol–water partition coefficient (Wildman–Crippen LogP) is 1.11. The molecule has 17 heavy (non-hydrogen) atoms. The van der Waals surface area contributed by atoms with Crippen molar-refractivity contribution in [2.75, 3.05) is 46.6 Å². The van der Waals surface area contributed by atoms with E-state index in [1.807, 2.05) is 6.92 Å². The smallest absolute Gasteiger partial charge is 0.0622 e. The fourth-order valence-electron chi connectivity index (χ4n) is 2.10. The Morgan fingerprint density at radius 3 is 3.00 bits per heavy atom. The van der Waals surface area contributed by atoms with Gasteiger partial charge in [-0.05, 0) is 40.3 Å². The van der Waals surface area contributed by atoms with Crippen molar-refractivity contribution in [2.24, 2.45) is 0 Å². The molecule has 1 aliphatic heterocycles. The van der Waals surface area contributed by atoms with E-state index in [0.29, 0.717) is 12.1 Å². The van der Waals surface area contributed by atoms with Gasteiger partial charge in [0.15, 0.2) is 0 Å². The molecule has 2 atom stereocenters. The summed E-state index contributed by atoms with van der Waals surface area (Å²) in [5.41, 5.74) is 0. The van der Waals surface area contributed by atoms with Gasteiger partial charge in [-0.3, -0.25) is 4.90 Å². The van der Waals surface area contributed by atoms with E-state index >= 15 is 0 Å². The molecule has 0 aromatic rings. The first-order valence-corrected chi connectivity index (χ1v) is 6.83. The van der Waals surface area contributed by atoms with Gasteiger partial charge in [0.25, 0.3) is 0 Å². The second-order valence-electron chi connectivity index (χ2n) is 4.79. The van der Waals surface area contributed by atoms with Crippen LogP contribution in [0.1, 0.15) is 26.7 Å². The van der Waals surface area contributed by atoms with E-state index in [-0.39, 0.29) is 0 Å². The lowest BCUT2D eigenvalue weighted by atomic mass is 10.2. The molecule has 4 heteroatoms. The van der Waals surface area contributed by atoms with Gasteiger partial charge in [0.05, 0.1) is 6.61 Å². The lowest BCUT2D eigenvalue weighted by molar-refractivity contribution is 0.133. The molecule has 4 nitrogen and oxygen atoms in total. The van der Waals surface area contributed by atoms with E-state index in [4.69, 9.17) is 9.47 Å². The number of nitrogens with zero attached hydrogens (tertiary/aromatic N) is 1. The summed E-state index contributed by atoms with van der Waals surface area (Å²) in [6.07, 6.45) is 2.27. The van der Waals surface area contributed by atoms with Crippen LogP contribution < -0.4 is 5.32 Å². The molecule has 1 N–H and O–H groups in total. The second-order valence-corrected chi connectivity index (χ2v) is 4.79. The molecule has 1 rings (SSSR count). The van der Waals surface area contributed by atoms with Crippen molar-refractivity contribution in [3.05, 3.63) is 0 Å². The van der Waals surface area contributed by atoms with E-state index in [1.165, 1.54) is 6.42 Å². The minimum Gasteiger partial charge on any atom is -0.382 e. The second kappa shape index (κ2) is 8.86. The Morgan fingerprint density at radius 1 is 1.53 bits per heavy atom. The van der Waals surface area contributed by atoms with Gasteiger partial charge in [-0.2, -0.15) is 0 Å². The molecule has 1 heterocycles. The summed E-state index contributed by atoms with van der Waals surface area (Å²) in [5.74, 6) is 0. The number of nitrogens with one attached hydrogen (secondary N) is 1. The molecular weight excluding hydrogens is 216 g/mol. The summed E-state index contributed by atoms with van der Waals surface area (Å²) < 4.78 is 10.7. The van der Waals surface area contributed by atoms with Gasteiger partial charge in [-0.1, -0.05) is 0 Å². The molecule has 0 aromatic heterocycles. The average molecular weight is 244 g/mol. The maximum atomic E-state index is 5.42. The zero-order valence-corrected chi connectivity index (χ0v) is 11.6. The zero-order chi connectivity index (χ0) is 12.5. The van der Waals surface area contributed by atoms with Crippen LogP contribution in [0.4, 0.5) is 0 Å². The molecule has 1 saturated heterocycles. The Balaban J connectivity index is 2.01. The minimum atomic E-state index is 0.564. The fraction of sp³-hybridized carbons (Fsp3) is 1.00. The average Bonchev–Trinajstić information content (AvgIpc) is 2.86. The summed E-state index contributed by atoms with van der Waals surface area (Å²) in [5, 5.41) is 3.49. The van der Waals surface area contributed by atoms with Crippen LogP contribution in [0.25, 0.3) is 0 Å². The number of ether oxygens (including phenoxy) is 2. The van der Waals surface area contributed by atoms with E-state index in [1.54, 1.807) is 0 Å². The van der Waals surface area contributed by atoms with Crippen LogP contribution in [0.3, 0.4) is 0 Å². The van der Waals surface area contributed by atoms with Crippen LogP contribution in [0, 0.1) is 0 Å². The van der Waals surface area contributed by atoms with Crippen molar-refractivity contribution in [3.8, 4) is 0 Å². The van der Waals surface area contributed by atoms with Gasteiger partial charge in [0.1, 0.15) is 0 Å². The van der Waals surface area contributed by atoms with Crippen LogP contribution in [0.2, 0.25) is 0 Å². The topological polar surface area (TPSA) is 33.7 Å². The van der Waals surface area contributed by atoms with Crippen LogP contribution in [-0.4, -0.2) is 63.5 Å². The Bertz CT molecular complexity index is 184. The molecule has 0 aliphatic carbocycles. The standard InChI is InChI=1S/C13H28N2O2/c1-4-16-8-5-7-14-10-12(2)15(3)13-6-9-17-11-13/h12-14H,4-11H2,1-3H3. The van der Waals surface area contributed by atoms with Crippen molar-refractivity contribution < 1.29 is 9.47 Å². The molecule has 1 aliphatic rings. The van der Waals surface area contributed by atoms with Gasteiger partial charge in [-0.25, -0.2) is 0 Å². The SMILES string of the molecule is CCOCCCNCC(C)N(C)C1CCOC1. The molecule has 102 valence electrons. The van der Waals surface area contributed by atoms with Gasteiger partial charge in [0, 0.05) is 38.4 Å². The maximum absolute atomic E-state index is 5.42. The number of rotatable bonds is 9. The van der Waals surface area contributed by atoms with Gasteiger partial charge < -0.3 is 14.8 Å². The maximum Gasteiger partial charge on any atom is 0.0622 e. The van der Waals surface area contributed by atoms with Crippen LogP contribution in [0.15, 0.2) is 0 Å². The van der Waals surface area contributed by atoms with Gasteiger partial charge >= 0.3 is 0 Å². The van der Waals surface area contributed by atoms with E-state index in [0.717, 1.165) is 45.9 Å². The molecule has 0 spiro atoms. The van der Waals surface area contributed by atoms with Crippen molar-refractivity contribution in [1.82, 2.24) is 10.2 Å². The normalized spacial score (nSPS) is 22.2. The van der Waals surface area contributed by atoms with Crippen molar-refractivity contribution in [1.29, 1.82) is 0 Å². The summed E-state index contributed by atoms with van der Waals surface area (Å²) in [6, 6.07) is 1.17. The monoisotopic (exact) mass is 244 g/mol. The van der Waals surface area contributed by atoms with Gasteiger partial charge in [-0.15, -0.1) is 0 Å². The highest BCUT2D eigenvalue weighted by Crippen LogP contribution is 2.12. The Kier molecular flexibility index (Phi) is 7.77. The number of hydrogen-bond donors (Lipinski definition) is 1. The zero-order valence-electron chi connectivity index (χ0n) is 11.6. The molecule has 0 saturated carbocycles. The van der Waals surface area contributed by atoms with Gasteiger partial charge in [0.2, 0.25) is 0 Å². The molecule has 2 unspecified atom stereocenters. The summed E-state index contributed by atoms with van der Waals surface area (Å²) in [6.45, 7) is 9.89. The largest absolute Gasteiger partial charge is 0.382 e. The summed E-state index contributed by atoms with van der Waals surface area (Å²) in [4.78, 5) is 2.43. The van der Waals surface area contributed by atoms with E-state index in [2.05, 4.69) is 24.2 Å². The molecule has 0 amide bonds. The molecular formula is C13H28N2O2. The Morgan fingerprint density at radius 2 is 2.35 bits per heavy atom. The van der Waals surface area contributed by atoms with Crippen molar-refractivity contribution in [2.45, 2.75) is 38.8 Å². The molecule has 0 aromatic carbocycles. The highest BCUT2D eigenvalue weighted by atomic mass is 16.5. The third-order valence-electron chi connectivity index (χ3n) is 3.46. The third-order valence-corrected chi connectivity index (χ3v) is 3.46. The van der Waals surface area contributed by atoms with E-state index < -0.39 is 0 Å². The molecule has 1 fully saturated rings. The minimum absolute atomic E-state index is 0.564. The van der Waals surface area contributed by atoms with Crippen molar-refractivity contribution in [3.63, 3.8) is 0 Å². The fourth-order valence-corrected chi connectivity index (χ4v) is 2.10. The first-order chi connectivity index (χ1) is 8.25. The Labute approximate surface area is 106 Å². The summed E-state index contributed by atoms with van der Waals surface area (Å²) in [7, 11) is 2.20. The highest BCUT2D eigenvalue weighted by Gasteiger charge is 2.23. The lowest BCUT2D eigenvalue weighted by Crippen LogP contribution is -2.44. The third kappa shape index (κ3) is 5.82. The highest BCUT2D eigenvalue weighted by molar-refractivity contribution is 4.78. The first-order valence-electron chi connectivity index (χ1n) is 6.83. The number of likely N-dealkylation sites (N-methyl/N-ethyl adjacent to an activating group) is 1. The summed E-state index contributed by atoms with van der Waals surface area (Å²) >= 11 is 0. The molecule has 0 radical (unpaired) electrons. The van der Waals surface area contributed by atoms with E-state index in [9.17, 15) is 0 Å². The molecule has 0 bridgehead atoms. The first kappa shape index (κ1) is 14.9. The number of hydrogen-bond acceptors (Lipinski definition) is 4. The predicted molar refractivity (Wildman–Crippen MR) is 70.4 cm³/mol. The van der Waals surface area contributed by atoms with Crippen LogP contribution in [-0.2, 0) is 9.47 Å². The quantitative estimate of drug-likeness (QED) is 0.616. The van der Waals surface area contributed by atoms with Crippen molar-refractivity contribution >= 4 is 0 Å². The lowest BCUT2D eigenvalue weighted by Gasteiger charge is -2.29. The van der Waals surface area contributed by atoms with Crippen LogP contribution >= 0.6 is 0 Å².